The highest BCUT2D eigenvalue weighted by Crippen LogP contribution is 2.20. The maximum Gasteiger partial charge on any atom is 0.269 e. The summed E-state index contributed by atoms with van der Waals surface area (Å²) < 4.78 is 4.87. The molecule has 1 aromatic carbocycles. The second kappa shape index (κ2) is 8.49. The normalized spacial score (nSPS) is 10.2. The Morgan fingerprint density at radius 1 is 1.42 bits per heavy atom. The van der Waals surface area contributed by atoms with Crippen molar-refractivity contribution in [2.45, 2.75) is 11.3 Å². The second-order valence-corrected chi connectivity index (χ2v) is 4.78. The Labute approximate surface area is 115 Å². The first-order valence-electron chi connectivity index (χ1n) is 5.76. The molecule has 0 radical (unpaired) electrons. The third-order valence-corrected chi connectivity index (χ3v) is 3.28. The third-order valence-electron chi connectivity index (χ3n) is 2.26. The topological polar surface area (TPSA) is 81.5 Å². The fraction of sp³-hybridized carbons (Fsp3) is 0.417. The van der Waals surface area contributed by atoms with Crippen LogP contribution in [0, 0.1) is 10.1 Å². The Hall–Kier alpha value is -1.60. The summed E-state index contributed by atoms with van der Waals surface area (Å²) in [4.78, 5) is 22.3. The van der Waals surface area contributed by atoms with Crippen molar-refractivity contribution in [1.29, 1.82) is 0 Å². The predicted molar refractivity (Wildman–Crippen MR) is 73.3 cm³/mol. The number of hydrogen-bond donors (Lipinski definition) is 1. The van der Waals surface area contributed by atoms with Gasteiger partial charge in [-0.25, -0.2) is 0 Å². The van der Waals surface area contributed by atoms with Crippen molar-refractivity contribution >= 4 is 23.4 Å². The van der Waals surface area contributed by atoms with E-state index in [1.54, 1.807) is 19.2 Å². The first-order valence-corrected chi connectivity index (χ1v) is 6.75. The van der Waals surface area contributed by atoms with Crippen LogP contribution in [-0.2, 0) is 9.53 Å². The number of rotatable bonds is 8. The van der Waals surface area contributed by atoms with Gasteiger partial charge in [0.25, 0.3) is 5.69 Å². The van der Waals surface area contributed by atoms with Crippen molar-refractivity contribution in [2.75, 3.05) is 26.0 Å². The van der Waals surface area contributed by atoms with E-state index in [0.29, 0.717) is 18.9 Å². The fourth-order valence-electron chi connectivity index (χ4n) is 1.31. The average Bonchev–Trinajstić information content (AvgIpc) is 2.42. The minimum atomic E-state index is -0.447. The number of ether oxygens (including phenoxy) is 1. The van der Waals surface area contributed by atoms with Crippen LogP contribution in [0.4, 0.5) is 5.69 Å². The van der Waals surface area contributed by atoms with Crippen molar-refractivity contribution in [3.05, 3.63) is 34.4 Å². The number of nitrogens with one attached hydrogen (secondary N) is 1. The molecular weight excluding hydrogens is 268 g/mol. The van der Waals surface area contributed by atoms with Crippen molar-refractivity contribution < 1.29 is 14.5 Å². The number of nitro benzene ring substituents is 1. The molecule has 0 saturated heterocycles. The van der Waals surface area contributed by atoms with Crippen molar-refractivity contribution in [3.8, 4) is 0 Å². The van der Waals surface area contributed by atoms with Crippen molar-refractivity contribution in [2.24, 2.45) is 0 Å². The Kier molecular flexibility index (Phi) is 6.91. The monoisotopic (exact) mass is 284 g/mol. The summed E-state index contributed by atoms with van der Waals surface area (Å²) in [5.74, 6) is 0.240. The summed E-state index contributed by atoms with van der Waals surface area (Å²) in [6, 6.07) is 6.14. The van der Waals surface area contributed by atoms with E-state index < -0.39 is 4.92 Å². The van der Waals surface area contributed by atoms with E-state index >= 15 is 0 Å². The molecule has 0 aliphatic rings. The Bertz CT molecular complexity index is 422. The SMILES string of the molecule is COCCCNC(=O)CSc1ccc([N+](=O)[O-])cc1. The standard InChI is InChI=1S/C12H16N2O4S/c1-18-8-2-7-13-12(15)9-19-11-5-3-10(4-6-11)14(16)17/h3-6H,2,7-9H2,1H3,(H,13,15). The molecule has 0 atom stereocenters. The first kappa shape index (κ1) is 15.5. The average molecular weight is 284 g/mol. The third kappa shape index (κ3) is 6.21. The molecule has 0 aliphatic heterocycles. The molecule has 7 heteroatoms. The number of nitrogens with zero attached hydrogens (tertiary/aromatic N) is 1. The maximum absolute atomic E-state index is 11.5. The first-order chi connectivity index (χ1) is 9.13. The van der Waals surface area contributed by atoms with Gasteiger partial charge in [0, 0.05) is 37.3 Å². The van der Waals surface area contributed by atoms with Crippen LogP contribution in [0.2, 0.25) is 0 Å². The predicted octanol–water partition coefficient (Wildman–Crippen LogP) is 1.84. The van der Waals surface area contributed by atoms with E-state index in [0.717, 1.165) is 11.3 Å². The van der Waals surface area contributed by atoms with Crippen LogP contribution >= 0.6 is 11.8 Å². The number of carbonyl (C=O) groups is 1. The smallest absolute Gasteiger partial charge is 0.269 e. The molecule has 19 heavy (non-hydrogen) atoms. The Balaban J connectivity index is 2.28. The molecule has 0 aliphatic carbocycles. The van der Waals surface area contributed by atoms with Gasteiger partial charge in [-0.15, -0.1) is 11.8 Å². The van der Waals surface area contributed by atoms with Crippen LogP contribution in [0.3, 0.4) is 0 Å². The number of hydrogen-bond acceptors (Lipinski definition) is 5. The number of amides is 1. The van der Waals surface area contributed by atoms with Gasteiger partial charge in [0.1, 0.15) is 0 Å². The van der Waals surface area contributed by atoms with Gasteiger partial charge in [0.2, 0.25) is 5.91 Å². The summed E-state index contributed by atoms with van der Waals surface area (Å²) >= 11 is 1.35. The lowest BCUT2D eigenvalue weighted by atomic mass is 10.3. The molecule has 104 valence electrons. The van der Waals surface area contributed by atoms with Crippen molar-refractivity contribution in [3.63, 3.8) is 0 Å². The highest BCUT2D eigenvalue weighted by Gasteiger charge is 2.06. The largest absolute Gasteiger partial charge is 0.385 e. The molecule has 0 saturated carbocycles. The Morgan fingerprint density at radius 3 is 2.68 bits per heavy atom. The molecular formula is C12H16N2O4S. The van der Waals surface area contributed by atoms with E-state index in [1.165, 1.54) is 23.9 Å². The van der Waals surface area contributed by atoms with E-state index in [1.807, 2.05) is 0 Å². The zero-order valence-electron chi connectivity index (χ0n) is 10.6. The van der Waals surface area contributed by atoms with E-state index in [9.17, 15) is 14.9 Å². The number of methoxy groups -OCH3 is 1. The van der Waals surface area contributed by atoms with E-state index in [-0.39, 0.29) is 11.6 Å². The minimum absolute atomic E-state index is 0.0494. The fourth-order valence-corrected chi connectivity index (χ4v) is 2.04. The Morgan fingerprint density at radius 2 is 2.11 bits per heavy atom. The van der Waals surface area contributed by atoms with Crippen LogP contribution in [0.5, 0.6) is 0 Å². The van der Waals surface area contributed by atoms with Gasteiger partial charge in [0.15, 0.2) is 0 Å². The number of non-ortho nitro benzene ring substituents is 1. The van der Waals surface area contributed by atoms with Gasteiger partial charge in [0.05, 0.1) is 10.7 Å². The van der Waals surface area contributed by atoms with Gasteiger partial charge < -0.3 is 10.1 Å². The minimum Gasteiger partial charge on any atom is -0.385 e. The van der Waals surface area contributed by atoms with Crippen LogP contribution in [-0.4, -0.2) is 36.8 Å². The van der Waals surface area contributed by atoms with Crippen LogP contribution in [0.15, 0.2) is 29.2 Å². The number of nitro groups is 1. The molecule has 1 amide bonds. The molecule has 0 spiro atoms. The zero-order chi connectivity index (χ0) is 14.1. The van der Waals surface area contributed by atoms with Gasteiger partial charge >= 0.3 is 0 Å². The second-order valence-electron chi connectivity index (χ2n) is 3.74. The molecule has 1 N–H and O–H groups in total. The highest BCUT2D eigenvalue weighted by molar-refractivity contribution is 8.00. The van der Waals surface area contributed by atoms with Crippen LogP contribution < -0.4 is 5.32 Å². The molecule has 0 aromatic heterocycles. The number of thioether (sulfide) groups is 1. The highest BCUT2D eigenvalue weighted by atomic mass is 32.2. The molecule has 6 nitrogen and oxygen atoms in total. The van der Waals surface area contributed by atoms with Crippen LogP contribution in [0.1, 0.15) is 6.42 Å². The summed E-state index contributed by atoms with van der Waals surface area (Å²) in [5, 5.41) is 13.2. The van der Waals surface area contributed by atoms with Gasteiger partial charge in [-0.1, -0.05) is 0 Å². The van der Waals surface area contributed by atoms with E-state index in [4.69, 9.17) is 4.74 Å². The van der Waals surface area contributed by atoms with Gasteiger partial charge in [-0.2, -0.15) is 0 Å². The van der Waals surface area contributed by atoms with Crippen LogP contribution in [0.25, 0.3) is 0 Å². The van der Waals surface area contributed by atoms with E-state index in [2.05, 4.69) is 5.32 Å². The lowest BCUT2D eigenvalue weighted by Gasteiger charge is -2.04. The molecule has 0 bridgehead atoms. The summed E-state index contributed by atoms with van der Waals surface area (Å²) in [5.41, 5.74) is 0.0494. The number of benzene rings is 1. The van der Waals surface area contributed by atoms with Crippen molar-refractivity contribution in [1.82, 2.24) is 5.32 Å². The number of carbonyl (C=O) groups excluding carboxylic acids is 1. The molecule has 1 rings (SSSR count). The zero-order valence-corrected chi connectivity index (χ0v) is 11.4. The lowest BCUT2D eigenvalue weighted by molar-refractivity contribution is -0.384. The summed E-state index contributed by atoms with van der Waals surface area (Å²) in [6.07, 6.45) is 0.782. The maximum atomic E-state index is 11.5. The quantitative estimate of drug-likeness (QED) is 0.341. The molecule has 0 heterocycles. The molecule has 0 fully saturated rings. The molecule has 0 unspecified atom stereocenters. The summed E-state index contributed by atoms with van der Waals surface area (Å²) in [7, 11) is 1.62. The summed E-state index contributed by atoms with van der Waals surface area (Å²) in [6.45, 7) is 1.21. The lowest BCUT2D eigenvalue weighted by Crippen LogP contribution is -2.26. The van der Waals surface area contributed by atoms with Gasteiger partial charge in [-0.05, 0) is 18.6 Å². The van der Waals surface area contributed by atoms with Gasteiger partial charge in [-0.3, -0.25) is 14.9 Å². The molecule has 1 aromatic rings.